The second-order valence-corrected chi connectivity index (χ2v) is 9.36. The predicted molar refractivity (Wildman–Crippen MR) is 99.2 cm³/mol. The highest BCUT2D eigenvalue weighted by Gasteiger charge is 2.19. The minimum absolute atomic E-state index is 0.0277. The molecule has 0 fully saturated rings. The number of rotatable bonds is 7. The zero-order valence-corrected chi connectivity index (χ0v) is 16.3. The number of hydrogen-bond donors (Lipinski definition) is 2. The van der Waals surface area contributed by atoms with Crippen molar-refractivity contribution in [3.63, 3.8) is 0 Å². The first-order valence-corrected chi connectivity index (χ1v) is 11.0. The molecule has 25 heavy (non-hydrogen) atoms. The van der Waals surface area contributed by atoms with Crippen LogP contribution in [0.4, 0.5) is 5.69 Å². The molecule has 0 saturated carbocycles. The normalized spacial score (nSPS) is 12.1. The van der Waals surface area contributed by atoms with E-state index in [9.17, 15) is 16.8 Å². The summed E-state index contributed by atoms with van der Waals surface area (Å²) in [5.41, 5.74) is 0.200. The van der Waals surface area contributed by atoms with E-state index in [4.69, 9.17) is 23.2 Å². The molecule has 0 spiro atoms. The molecule has 136 valence electrons. The van der Waals surface area contributed by atoms with Gasteiger partial charge in [0.1, 0.15) is 4.90 Å². The van der Waals surface area contributed by atoms with Crippen LogP contribution in [0.1, 0.15) is 13.3 Å². The van der Waals surface area contributed by atoms with Crippen LogP contribution in [0.5, 0.6) is 0 Å². The summed E-state index contributed by atoms with van der Waals surface area (Å²) in [6.07, 6.45) is 0.664. The van der Waals surface area contributed by atoms with Crippen LogP contribution in [0.3, 0.4) is 0 Å². The van der Waals surface area contributed by atoms with Gasteiger partial charge >= 0.3 is 0 Å². The molecule has 10 heteroatoms. The van der Waals surface area contributed by atoms with Crippen LogP contribution in [0.15, 0.2) is 52.3 Å². The van der Waals surface area contributed by atoms with Crippen molar-refractivity contribution in [2.75, 3.05) is 11.3 Å². The SMILES string of the molecule is CCCNS(=O)(=O)c1ccc(NS(=O)(=O)c2cc(Cl)ccc2Cl)cc1. The van der Waals surface area contributed by atoms with Gasteiger partial charge in [0.15, 0.2) is 0 Å². The van der Waals surface area contributed by atoms with Crippen LogP contribution in [0, 0.1) is 0 Å². The molecule has 0 aromatic heterocycles. The number of sulfonamides is 2. The molecule has 0 atom stereocenters. The van der Waals surface area contributed by atoms with Gasteiger partial charge in [-0.1, -0.05) is 30.1 Å². The van der Waals surface area contributed by atoms with E-state index in [1.54, 1.807) is 0 Å². The first-order chi connectivity index (χ1) is 11.7. The Kier molecular flexibility index (Phi) is 6.34. The molecule has 2 rings (SSSR count). The summed E-state index contributed by atoms with van der Waals surface area (Å²) in [5.74, 6) is 0. The van der Waals surface area contributed by atoms with Gasteiger partial charge in [0, 0.05) is 17.3 Å². The van der Waals surface area contributed by atoms with E-state index in [2.05, 4.69) is 9.44 Å². The Labute approximate surface area is 157 Å². The molecule has 0 saturated heterocycles. The molecule has 6 nitrogen and oxygen atoms in total. The van der Waals surface area contributed by atoms with Crippen LogP contribution in [-0.2, 0) is 20.0 Å². The summed E-state index contributed by atoms with van der Waals surface area (Å²) in [5, 5.41) is 0.257. The third-order valence-corrected chi connectivity index (χ3v) is 6.72. The van der Waals surface area contributed by atoms with Gasteiger partial charge in [-0.25, -0.2) is 21.6 Å². The molecule has 0 aliphatic rings. The second-order valence-electron chi connectivity index (χ2n) is 5.10. The lowest BCUT2D eigenvalue weighted by atomic mass is 10.3. The van der Waals surface area contributed by atoms with Gasteiger partial charge in [0.05, 0.1) is 9.92 Å². The summed E-state index contributed by atoms with van der Waals surface area (Å²) in [6, 6.07) is 9.44. The van der Waals surface area contributed by atoms with Crippen molar-refractivity contribution in [2.45, 2.75) is 23.1 Å². The van der Waals surface area contributed by atoms with E-state index < -0.39 is 20.0 Å². The highest BCUT2D eigenvalue weighted by atomic mass is 35.5. The molecule has 2 aromatic carbocycles. The van der Waals surface area contributed by atoms with Gasteiger partial charge in [0.25, 0.3) is 10.0 Å². The number of hydrogen-bond acceptors (Lipinski definition) is 4. The Morgan fingerprint density at radius 2 is 1.56 bits per heavy atom. The molecule has 0 amide bonds. The Bertz CT molecular complexity index is 960. The maximum absolute atomic E-state index is 12.4. The van der Waals surface area contributed by atoms with Crippen molar-refractivity contribution < 1.29 is 16.8 Å². The van der Waals surface area contributed by atoms with Gasteiger partial charge in [-0.2, -0.15) is 0 Å². The Hall–Kier alpha value is -1.32. The van der Waals surface area contributed by atoms with Crippen LogP contribution < -0.4 is 9.44 Å². The van der Waals surface area contributed by atoms with Gasteiger partial charge in [-0.15, -0.1) is 0 Å². The Morgan fingerprint density at radius 3 is 2.16 bits per heavy atom. The average molecular weight is 423 g/mol. The van der Waals surface area contributed by atoms with Crippen LogP contribution >= 0.6 is 23.2 Å². The quantitative estimate of drug-likeness (QED) is 0.713. The van der Waals surface area contributed by atoms with Crippen molar-refractivity contribution in [3.05, 3.63) is 52.5 Å². The average Bonchev–Trinajstić information content (AvgIpc) is 2.55. The van der Waals surface area contributed by atoms with E-state index in [-0.39, 0.29) is 25.5 Å². The molecule has 0 aliphatic heterocycles. The summed E-state index contributed by atoms with van der Waals surface area (Å²) < 4.78 is 53.6. The van der Waals surface area contributed by atoms with Crippen LogP contribution in [0.25, 0.3) is 0 Å². The third kappa shape index (κ3) is 5.08. The fraction of sp³-hybridized carbons (Fsp3) is 0.200. The molecule has 0 unspecified atom stereocenters. The van der Waals surface area contributed by atoms with Crippen molar-refractivity contribution in [1.29, 1.82) is 0 Å². The smallest absolute Gasteiger partial charge is 0.263 e. The maximum Gasteiger partial charge on any atom is 0.263 e. The third-order valence-electron chi connectivity index (χ3n) is 3.14. The van der Waals surface area contributed by atoms with Gasteiger partial charge in [-0.3, -0.25) is 4.72 Å². The molecular weight excluding hydrogens is 407 g/mol. The second kappa shape index (κ2) is 7.92. The zero-order valence-electron chi connectivity index (χ0n) is 13.2. The number of halogens is 2. The van der Waals surface area contributed by atoms with Crippen molar-refractivity contribution in [1.82, 2.24) is 4.72 Å². The van der Waals surface area contributed by atoms with E-state index in [1.165, 1.54) is 42.5 Å². The number of nitrogens with one attached hydrogen (secondary N) is 2. The Morgan fingerprint density at radius 1 is 0.920 bits per heavy atom. The monoisotopic (exact) mass is 422 g/mol. The fourth-order valence-corrected chi connectivity index (χ4v) is 4.87. The van der Waals surface area contributed by atoms with Crippen molar-refractivity contribution in [2.24, 2.45) is 0 Å². The number of anilines is 1. The molecule has 0 bridgehead atoms. The van der Waals surface area contributed by atoms with Crippen molar-refractivity contribution >= 4 is 48.9 Å². The summed E-state index contributed by atoms with van der Waals surface area (Å²) in [6.45, 7) is 2.17. The zero-order chi connectivity index (χ0) is 18.7. The molecular formula is C15H16Cl2N2O4S2. The predicted octanol–water partition coefficient (Wildman–Crippen LogP) is 3.48. The fourth-order valence-electron chi connectivity index (χ4n) is 1.92. The van der Waals surface area contributed by atoms with Gasteiger partial charge in [-0.05, 0) is 48.9 Å². The summed E-state index contributed by atoms with van der Waals surface area (Å²) in [7, 11) is -7.57. The lowest BCUT2D eigenvalue weighted by Gasteiger charge is -2.11. The molecule has 2 N–H and O–H groups in total. The summed E-state index contributed by atoms with van der Waals surface area (Å²) >= 11 is 11.7. The first kappa shape index (κ1) is 20.0. The van der Waals surface area contributed by atoms with E-state index in [0.717, 1.165) is 0 Å². The van der Waals surface area contributed by atoms with Gasteiger partial charge in [0.2, 0.25) is 10.0 Å². The molecule has 0 radical (unpaired) electrons. The first-order valence-electron chi connectivity index (χ1n) is 7.23. The van der Waals surface area contributed by atoms with Crippen molar-refractivity contribution in [3.8, 4) is 0 Å². The molecule has 2 aromatic rings. The Balaban J connectivity index is 2.25. The molecule has 0 aliphatic carbocycles. The van der Waals surface area contributed by atoms with Crippen LogP contribution in [-0.4, -0.2) is 23.4 Å². The number of benzene rings is 2. The van der Waals surface area contributed by atoms with Gasteiger partial charge < -0.3 is 0 Å². The minimum Gasteiger partial charge on any atom is -0.280 e. The lowest BCUT2D eigenvalue weighted by molar-refractivity contribution is 0.581. The largest absolute Gasteiger partial charge is 0.280 e. The van der Waals surface area contributed by atoms with E-state index in [1.807, 2.05) is 6.92 Å². The maximum atomic E-state index is 12.4. The summed E-state index contributed by atoms with van der Waals surface area (Å²) in [4.78, 5) is -0.118. The highest BCUT2D eigenvalue weighted by molar-refractivity contribution is 7.92. The van der Waals surface area contributed by atoms with E-state index >= 15 is 0 Å². The minimum atomic E-state index is -3.96. The highest BCUT2D eigenvalue weighted by Crippen LogP contribution is 2.27. The van der Waals surface area contributed by atoms with Crippen LogP contribution in [0.2, 0.25) is 10.0 Å². The topological polar surface area (TPSA) is 92.3 Å². The molecule has 0 heterocycles. The standard InChI is InChI=1S/C15H16Cl2N2O4S2/c1-2-9-18-24(20,21)13-6-4-12(5-7-13)19-25(22,23)15-10-11(16)3-8-14(15)17/h3-8,10,18-19H,2,9H2,1H3. The van der Waals surface area contributed by atoms with E-state index in [0.29, 0.717) is 13.0 Å². The lowest BCUT2D eigenvalue weighted by Crippen LogP contribution is -2.24.